The van der Waals surface area contributed by atoms with E-state index in [1.54, 1.807) is 18.0 Å². The summed E-state index contributed by atoms with van der Waals surface area (Å²) < 4.78 is 5.70. The molecule has 0 atom stereocenters. The van der Waals surface area contributed by atoms with E-state index in [4.69, 9.17) is 4.42 Å². The van der Waals surface area contributed by atoms with Crippen molar-refractivity contribution in [3.05, 3.63) is 36.0 Å². The second kappa shape index (κ2) is 6.51. The van der Waals surface area contributed by atoms with Crippen LogP contribution in [0.4, 0.5) is 0 Å². The number of aromatic amines is 1. The Morgan fingerprint density at radius 3 is 3.06 bits per heavy atom. The van der Waals surface area contributed by atoms with E-state index in [0.29, 0.717) is 0 Å². The van der Waals surface area contributed by atoms with E-state index < -0.39 is 0 Å². The zero-order valence-corrected chi connectivity index (χ0v) is 10.7. The molecule has 17 heavy (non-hydrogen) atoms. The summed E-state index contributed by atoms with van der Waals surface area (Å²) in [6, 6.07) is 4.06. The Kier molecular flexibility index (Phi) is 4.70. The lowest BCUT2D eigenvalue weighted by atomic mass is 10.4. The molecule has 0 radical (unpaired) electrons. The number of thioether (sulfide) groups is 1. The van der Waals surface area contributed by atoms with Crippen molar-refractivity contribution in [2.75, 3.05) is 6.54 Å². The van der Waals surface area contributed by atoms with E-state index in [-0.39, 0.29) is 0 Å². The number of H-pyrrole nitrogens is 1. The summed E-state index contributed by atoms with van der Waals surface area (Å²) in [5.74, 6) is 2.79. The van der Waals surface area contributed by atoms with Crippen LogP contribution in [-0.4, -0.2) is 16.5 Å². The zero-order chi connectivity index (χ0) is 11.9. The summed E-state index contributed by atoms with van der Waals surface area (Å²) in [5, 5.41) is 4.24. The van der Waals surface area contributed by atoms with E-state index in [0.717, 1.165) is 41.9 Å². The van der Waals surface area contributed by atoms with E-state index in [1.165, 1.54) is 0 Å². The summed E-state index contributed by atoms with van der Waals surface area (Å²) in [6.45, 7) is 3.98. The van der Waals surface area contributed by atoms with E-state index in [2.05, 4.69) is 22.2 Å². The summed E-state index contributed by atoms with van der Waals surface area (Å²) in [7, 11) is 0. The van der Waals surface area contributed by atoms with Crippen LogP contribution in [0.5, 0.6) is 0 Å². The summed E-state index contributed by atoms with van der Waals surface area (Å²) in [5.41, 5.74) is 0. The Morgan fingerprint density at radius 1 is 1.41 bits per heavy atom. The molecule has 0 amide bonds. The third kappa shape index (κ3) is 3.94. The molecule has 0 saturated carbocycles. The average Bonchev–Trinajstić information content (AvgIpc) is 2.98. The van der Waals surface area contributed by atoms with Crippen molar-refractivity contribution in [3.8, 4) is 0 Å². The lowest BCUT2D eigenvalue weighted by molar-refractivity contribution is 0.459. The van der Waals surface area contributed by atoms with E-state index >= 15 is 0 Å². The quantitative estimate of drug-likeness (QED) is 0.587. The third-order valence-corrected chi connectivity index (χ3v) is 3.19. The van der Waals surface area contributed by atoms with Crippen LogP contribution in [-0.2, 0) is 12.3 Å². The van der Waals surface area contributed by atoms with Gasteiger partial charge in [-0.05, 0) is 25.1 Å². The lowest BCUT2D eigenvalue weighted by Gasteiger charge is -1.99. The normalized spacial score (nSPS) is 10.9. The molecule has 5 heteroatoms. The first-order chi connectivity index (χ1) is 8.38. The molecule has 0 bridgehead atoms. The molecular weight excluding hydrogens is 234 g/mol. The Labute approximate surface area is 105 Å². The maximum absolute atomic E-state index is 5.70. The number of nitrogens with one attached hydrogen (secondary N) is 2. The third-order valence-electron chi connectivity index (χ3n) is 2.27. The standard InChI is InChI=1S/C12H17N3OS/c1-2-5-13-8-10-3-4-11(16-10)9-17-12-14-6-7-15-12/h3-4,6-7,13H,2,5,8-9H2,1H3,(H,14,15). The summed E-state index contributed by atoms with van der Waals surface area (Å²) >= 11 is 1.64. The van der Waals surface area contributed by atoms with Crippen LogP contribution in [0.2, 0.25) is 0 Å². The fourth-order valence-corrected chi connectivity index (χ4v) is 2.17. The largest absolute Gasteiger partial charge is 0.464 e. The zero-order valence-electron chi connectivity index (χ0n) is 9.90. The summed E-state index contributed by atoms with van der Waals surface area (Å²) in [6.07, 6.45) is 4.72. The van der Waals surface area contributed by atoms with Crippen LogP contribution in [0, 0.1) is 0 Å². The molecule has 92 valence electrons. The number of aromatic nitrogens is 2. The van der Waals surface area contributed by atoms with Crippen LogP contribution in [0.1, 0.15) is 24.9 Å². The van der Waals surface area contributed by atoms with Gasteiger partial charge in [0.1, 0.15) is 11.5 Å². The first-order valence-corrected chi connectivity index (χ1v) is 6.77. The second-order valence-electron chi connectivity index (χ2n) is 3.73. The number of nitrogens with zero attached hydrogens (tertiary/aromatic N) is 1. The number of hydrogen-bond donors (Lipinski definition) is 2. The molecular formula is C12H17N3OS. The van der Waals surface area contributed by atoms with Gasteiger partial charge in [-0.1, -0.05) is 18.7 Å². The van der Waals surface area contributed by atoms with Crippen molar-refractivity contribution >= 4 is 11.8 Å². The van der Waals surface area contributed by atoms with Gasteiger partial charge in [-0.3, -0.25) is 0 Å². The van der Waals surface area contributed by atoms with Gasteiger partial charge in [0.25, 0.3) is 0 Å². The maximum atomic E-state index is 5.70. The van der Waals surface area contributed by atoms with Crippen molar-refractivity contribution in [2.24, 2.45) is 0 Å². The van der Waals surface area contributed by atoms with Gasteiger partial charge in [0.15, 0.2) is 5.16 Å². The lowest BCUT2D eigenvalue weighted by Crippen LogP contribution is -2.12. The average molecular weight is 251 g/mol. The van der Waals surface area contributed by atoms with Gasteiger partial charge in [0, 0.05) is 12.4 Å². The number of rotatable bonds is 7. The van der Waals surface area contributed by atoms with Crippen molar-refractivity contribution in [1.29, 1.82) is 0 Å². The van der Waals surface area contributed by atoms with Crippen molar-refractivity contribution < 1.29 is 4.42 Å². The second-order valence-corrected chi connectivity index (χ2v) is 4.69. The predicted molar refractivity (Wildman–Crippen MR) is 68.9 cm³/mol. The van der Waals surface area contributed by atoms with Gasteiger partial charge < -0.3 is 14.7 Å². The molecule has 0 spiro atoms. The number of hydrogen-bond acceptors (Lipinski definition) is 4. The first-order valence-electron chi connectivity index (χ1n) is 5.79. The molecule has 2 rings (SSSR count). The highest BCUT2D eigenvalue weighted by molar-refractivity contribution is 7.98. The smallest absolute Gasteiger partial charge is 0.165 e. The molecule has 0 unspecified atom stereocenters. The fraction of sp³-hybridized carbons (Fsp3) is 0.417. The number of furan rings is 1. The molecule has 0 saturated heterocycles. The predicted octanol–water partition coefficient (Wildman–Crippen LogP) is 2.79. The van der Waals surface area contributed by atoms with Gasteiger partial charge >= 0.3 is 0 Å². The van der Waals surface area contributed by atoms with Crippen molar-refractivity contribution in [3.63, 3.8) is 0 Å². The topological polar surface area (TPSA) is 53.9 Å². The van der Waals surface area contributed by atoms with Crippen molar-refractivity contribution in [1.82, 2.24) is 15.3 Å². The van der Waals surface area contributed by atoms with E-state index in [1.807, 2.05) is 18.3 Å². The Hall–Kier alpha value is -1.20. The molecule has 2 heterocycles. The molecule has 0 fully saturated rings. The van der Waals surface area contributed by atoms with Gasteiger partial charge in [0.05, 0.1) is 12.3 Å². The molecule has 0 aromatic carbocycles. The van der Waals surface area contributed by atoms with Gasteiger partial charge in [-0.15, -0.1) is 0 Å². The molecule has 4 nitrogen and oxygen atoms in total. The first kappa shape index (κ1) is 12.3. The van der Waals surface area contributed by atoms with Gasteiger partial charge in [0.2, 0.25) is 0 Å². The molecule has 2 aromatic rings. The SMILES string of the molecule is CCCNCc1ccc(CSc2ncc[nH]2)o1. The van der Waals surface area contributed by atoms with Crippen LogP contribution >= 0.6 is 11.8 Å². The minimum Gasteiger partial charge on any atom is -0.464 e. The van der Waals surface area contributed by atoms with Crippen LogP contribution in [0.25, 0.3) is 0 Å². The molecule has 2 aromatic heterocycles. The molecule has 0 aliphatic rings. The monoisotopic (exact) mass is 251 g/mol. The highest BCUT2D eigenvalue weighted by Gasteiger charge is 2.03. The van der Waals surface area contributed by atoms with Gasteiger partial charge in [-0.25, -0.2) is 4.98 Å². The maximum Gasteiger partial charge on any atom is 0.165 e. The van der Waals surface area contributed by atoms with Crippen molar-refractivity contribution in [2.45, 2.75) is 30.8 Å². The van der Waals surface area contributed by atoms with Crippen LogP contribution in [0.3, 0.4) is 0 Å². The molecule has 0 aliphatic heterocycles. The molecule has 2 N–H and O–H groups in total. The van der Waals surface area contributed by atoms with Crippen LogP contribution in [0.15, 0.2) is 34.1 Å². The van der Waals surface area contributed by atoms with Gasteiger partial charge in [-0.2, -0.15) is 0 Å². The minimum absolute atomic E-state index is 0.805. The Bertz CT molecular complexity index is 425. The highest BCUT2D eigenvalue weighted by Crippen LogP contribution is 2.20. The highest BCUT2D eigenvalue weighted by atomic mass is 32.2. The molecule has 0 aliphatic carbocycles. The minimum atomic E-state index is 0.805. The van der Waals surface area contributed by atoms with E-state index in [9.17, 15) is 0 Å². The Balaban J connectivity index is 1.77. The fourth-order valence-electron chi connectivity index (χ4n) is 1.45. The summed E-state index contributed by atoms with van der Waals surface area (Å²) in [4.78, 5) is 7.21. The number of imidazole rings is 1. The van der Waals surface area contributed by atoms with Crippen LogP contribution < -0.4 is 5.32 Å². The Morgan fingerprint density at radius 2 is 2.29 bits per heavy atom.